The second kappa shape index (κ2) is 11.7. The summed E-state index contributed by atoms with van der Waals surface area (Å²) in [5, 5.41) is 8.87. The number of rotatable bonds is 10. The Morgan fingerprint density at radius 3 is 2.41 bits per heavy atom. The quantitative estimate of drug-likeness (QED) is 0.178. The minimum Gasteiger partial charge on any atom is -0.478 e. The summed E-state index contributed by atoms with van der Waals surface area (Å²) in [7, 11) is -3.36. The number of carboxylic acid groups (broad SMARTS) is 1. The van der Waals surface area contributed by atoms with Crippen LogP contribution in [0.1, 0.15) is 75.8 Å². The molecule has 4 N–H and O–H groups in total. The van der Waals surface area contributed by atoms with Gasteiger partial charge in [-0.3, -0.25) is 9.11 Å². The van der Waals surface area contributed by atoms with Crippen LogP contribution < -0.4 is 9.46 Å². The number of carboxylic acids is 1. The molecule has 0 aromatic heterocycles. The zero-order valence-corrected chi connectivity index (χ0v) is 22.1. The summed E-state index contributed by atoms with van der Waals surface area (Å²) in [5.41, 5.74) is 1.52. The molecule has 0 radical (unpaired) electrons. The molecule has 2 aromatic carbocycles. The van der Waals surface area contributed by atoms with Gasteiger partial charge < -0.3 is 9.84 Å². The van der Waals surface area contributed by atoms with Gasteiger partial charge in [0, 0.05) is 17.5 Å². The molecule has 0 amide bonds. The summed E-state index contributed by atoms with van der Waals surface area (Å²) in [4.78, 5) is 11.2. The predicted molar refractivity (Wildman–Crippen MR) is 140 cm³/mol. The fraction of sp³-hybridized carbons (Fsp3) is 0.423. The molecule has 0 aliphatic carbocycles. The van der Waals surface area contributed by atoms with E-state index in [0.717, 1.165) is 68.4 Å². The largest absolute Gasteiger partial charge is 0.478 e. The number of nitrogens with one attached hydrogen (secondary N) is 1. The van der Waals surface area contributed by atoms with Gasteiger partial charge in [-0.1, -0.05) is 69.9 Å². The summed E-state index contributed by atoms with van der Waals surface area (Å²) >= 11 is 3.54. The van der Waals surface area contributed by atoms with Crippen molar-refractivity contribution in [2.75, 3.05) is 0 Å². The summed E-state index contributed by atoms with van der Waals surface area (Å²) < 4.78 is 32.4. The van der Waals surface area contributed by atoms with Gasteiger partial charge >= 0.3 is 5.97 Å². The maximum atomic E-state index is 11.5. The van der Waals surface area contributed by atoms with Crippen molar-refractivity contribution < 1.29 is 23.7 Å². The van der Waals surface area contributed by atoms with Gasteiger partial charge in [0.2, 0.25) is 0 Å². The van der Waals surface area contributed by atoms with Crippen LogP contribution in [0.4, 0.5) is 0 Å². The van der Waals surface area contributed by atoms with Gasteiger partial charge in [0.25, 0.3) is 0 Å². The van der Waals surface area contributed by atoms with Crippen molar-refractivity contribution in [2.24, 2.45) is 0 Å². The Bertz CT molecular complexity index is 1000. The molecule has 0 bridgehead atoms. The average molecular weight is 553 g/mol. The number of hydrogen-bond donors (Lipinski definition) is 4. The smallest absolute Gasteiger partial charge is 0.331 e. The van der Waals surface area contributed by atoms with Crippen molar-refractivity contribution in [3.8, 4) is 5.75 Å². The molecule has 1 atom stereocenters. The SMILES string of the molecule is CCCCC1(CCCC)CC(c2ccccc2)c2cc(Br)c(O/C=C/C(=O)O)cc2S(O)(O)N1. The molecule has 34 heavy (non-hydrogen) atoms. The van der Waals surface area contributed by atoms with Crippen LogP contribution in [0.3, 0.4) is 0 Å². The van der Waals surface area contributed by atoms with E-state index in [1.54, 1.807) is 6.07 Å². The van der Waals surface area contributed by atoms with Gasteiger partial charge in [-0.2, -0.15) is 0 Å². The highest BCUT2D eigenvalue weighted by Crippen LogP contribution is 2.58. The number of benzene rings is 2. The standard InChI is InChI=1S/C26H34BrNO5S/c1-3-5-13-26(14-6-4-2)18-21(19-10-8-7-9-11-19)20-16-22(27)23(33-15-12-25(29)30)17-24(20)34(31,32)28-26/h7-12,15-17,21,28,31-32H,3-6,13-14,18H2,1-2H3,(H,29,30)/b15-12+. The van der Waals surface area contributed by atoms with Gasteiger partial charge in [-0.05, 0) is 52.4 Å². The van der Waals surface area contributed by atoms with E-state index in [-0.39, 0.29) is 5.92 Å². The van der Waals surface area contributed by atoms with Crippen LogP contribution in [0.15, 0.2) is 64.2 Å². The number of fused-ring (bicyclic) bond motifs is 1. The maximum absolute atomic E-state index is 11.5. The van der Waals surface area contributed by atoms with Gasteiger partial charge in [-0.15, -0.1) is 10.8 Å². The zero-order valence-electron chi connectivity index (χ0n) is 19.7. The van der Waals surface area contributed by atoms with Crippen LogP contribution in [0.25, 0.3) is 0 Å². The molecule has 6 nitrogen and oxygen atoms in total. The molecule has 0 saturated carbocycles. The van der Waals surface area contributed by atoms with Gasteiger partial charge in [0.1, 0.15) is 5.75 Å². The molecule has 3 rings (SSSR count). The first kappa shape index (κ1) is 26.8. The minimum atomic E-state index is -3.36. The third kappa shape index (κ3) is 6.43. The number of aliphatic carboxylic acids is 1. The zero-order chi connectivity index (χ0) is 24.8. The molecule has 0 spiro atoms. The number of carbonyl (C=O) groups is 1. The molecule has 1 unspecified atom stereocenters. The molecule has 2 aromatic rings. The fourth-order valence-corrected chi connectivity index (χ4v) is 6.93. The number of unbranched alkanes of at least 4 members (excludes halogenated alkanes) is 2. The van der Waals surface area contributed by atoms with Crippen LogP contribution in [0.5, 0.6) is 5.75 Å². The Balaban J connectivity index is 2.17. The molecular formula is C26H34BrNO5S. The maximum Gasteiger partial charge on any atom is 0.331 e. The Morgan fingerprint density at radius 1 is 1.18 bits per heavy atom. The van der Waals surface area contributed by atoms with E-state index in [9.17, 15) is 13.9 Å². The van der Waals surface area contributed by atoms with Crippen LogP contribution in [0, 0.1) is 0 Å². The van der Waals surface area contributed by atoms with Crippen molar-refractivity contribution in [3.05, 3.63) is 70.4 Å². The Hall–Kier alpha value is -1.84. The van der Waals surface area contributed by atoms with Crippen LogP contribution in [-0.4, -0.2) is 25.7 Å². The molecule has 1 heterocycles. The first-order valence-electron chi connectivity index (χ1n) is 11.7. The minimum absolute atomic E-state index is 0.0500. The molecule has 0 fully saturated rings. The normalized spacial score (nSPS) is 19.9. The second-order valence-electron chi connectivity index (χ2n) is 8.89. The van der Waals surface area contributed by atoms with Crippen LogP contribution in [-0.2, 0) is 4.79 Å². The van der Waals surface area contributed by atoms with E-state index in [0.29, 0.717) is 15.1 Å². The van der Waals surface area contributed by atoms with E-state index in [1.165, 1.54) is 0 Å². The van der Waals surface area contributed by atoms with Crippen molar-refractivity contribution >= 4 is 32.7 Å². The van der Waals surface area contributed by atoms with Gasteiger partial charge in [0.15, 0.2) is 0 Å². The highest BCUT2D eigenvalue weighted by atomic mass is 79.9. The van der Waals surface area contributed by atoms with E-state index >= 15 is 0 Å². The summed E-state index contributed by atoms with van der Waals surface area (Å²) in [6.45, 7) is 4.30. The average Bonchev–Trinajstić information content (AvgIpc) is 2.89. The van der Waals surface area contributed by atoms with Crippen molar-refractivity contribution in [1.82, 2.24) is 4.72 Å². The third-order valence-electron chi connectivity index (χ3n) is 6.33. The molecule has 0 saturated heterocycles. The summed E-state index contributed by atoms with van der Waals surface area (Å²) in [5.74, 6) is -0.858. The molecule has 1 aliphatic rings. The van der Waals surface area contributed by atoms with Crippen LogP contribution in [0.2, 0.25) is 0 Å². The topological polar surface area (TPSA) is 99.0 Å². The van der Waals surface area contributed by atoms with E-state index < -0.39 is 22.3 Å². The third-order valence-corrected chi connectivity index (χ3v) is 8.63. The highest BCUT2D eigenvalue weighted by Gasteiger charge is 2.42. The second-order valence-corrected chi connectivity index (χ2v) is 11.5. The Morgan fingerprint density at radius 2 is 1.82 bits per heavy atom. The van der Waals surface area contributed by atoms with Gasteiger partial charge in [-0.25, -0.2) is 9.52 Å². The summed E-state index contributed by atoms with van der Waals surface area (Å²) in [6.07, 6.45) is 8.43. The van der Waals surface area contributed by atoms with E-state index in [4.69, 9.17) is 9.84 Å². The van der Waals surface area contributed by atoms with Crippen molar-refractivity contribution in [2.45, 2.75) is 75.1 Å². The van der Waals surface area contributed by atoms with E-state index in [1.807, 2.05) is 24.3 Å². The highest BCUT2D eigenvalue weighted by molar-refractivity contribution is 9.10. The molecule has 186 valence electrons. The lowest BCUT2D eigenvalue weighted by Gasteiger charge is -2.43. The van der Waals surface area contributed by atoms with Crippen molar-refractivity contribution in [1.29, 1.82) is 0 Å². The summed E-state index contributed by atoms with van der Waals surface area (Å²) in [6, 6.07) is 13.7. The van der Waals surface area contributed by atoms with E-state index in [2.05, 4.69) is 46.6 Å². The Labute approximate surface area is 212 Å². The molecule has 8 heteroatoms. The first-order valence-corrected chi connectivity index (χ1v) is 14.1. The number of ether oxygens (including phenoxy) is 1. The van der Waals surface area contributed by atoms with Crippen molar-refractivity contribution in [3.63, 3.8) is 0 Å². The lowest BCUT2D eigenvalue weighted by Crippen LogP contribution is -2.46. The lowest BCUT2D eigenvalue weighted by molar-refractivity contribution is -0.131. The number of halogens is 1. The molecule has 1 aliphatic heterocycles. The molecular weight excluding hydrogens is 518 g/mol. The lowest BCUT2D eigenvalue weighted by atomic mass is 9.75. The first-order chi connectivity index (χ1) is 16.2. The monoisotopic (exact) mass is 551 g/mol. The number of hydrogen-bond acceptors (Lipinski definition) is 5. The van der Waals surface area contributed by atoms with Crippen LogP contribution >= 0.6 is 26.7 Å². The Kier molecular flexibility index (Phi) is 9.23. The fourth-order valence-electron chi connectivity index (χ4n) is 4.67. The predicted octanol–water partition coefficient (Wildman–Crippen LogP) is 7.70. The van der Waals surface area contributed by atoms with Gasteiger partial charge in [0.05, 0.1) is 21.7 Å².